The number of aryl methyl sites for hydroxylation is 1. The van der Waals surface area contributed by atoms with Gasteiger partial charge in [0.15, 0.2) is 0 Å². The average molecular weight is 346 g/mol. The Balaban J connectivity index is 1.54. The Kier molecular flexibility index (Phi) is 4.41. The number of sulfonamides is 1. The van der Waals surface area contributed by atoms with Gasteiger partial charge >= 0.3 is 0 Å². The topological polar surface area (TPSA) is 84.4 Å². The van der Waals surface area contributed by atoms with Crippen LogP contribution < -0.4 is 9.62 Å². The largest absolute Gasteiger partial charge is 0.371 e. The van der Waals surface area contributed by atoms with Gasteiger partial charge in [-0.25, -0.2) is 13.1 Å². The highest BCUT2D eigenvalue weighted by Crippen LogP contribution is 2.43. The van der Waals surface area contributed by atoms with E-state index in [1.807, 2.05) is 6.92 Å². The van der Waals surface area contributed by atoms with Crippen molar-refractivity contribution in [1.29, 1.82) is 0 Å². The predicted molar refractivity (Wildman–Crippen MR) is 85.7 cm³/mol. The molecule has 2 aliphatic heterocycles. The molecule has 124 valence electrons. The normalized spacial score (nSPS) is 23.9. The van der Waals surface area contributed by atoms with Crippen LogP contribution in [0.4, 0.5) is 5.13 Å². The summed E-state index contributed by atoms with van der Waals surface area (Å²) < 4.78 is 31.6. The highest BCUT2D eigenvalue weighted by atomic mass is 32.2. The van der Waals surface area contributed by atoms with E-state index in [-0.39, 0.29) is 11.4 Å². The predicted octanol–water partition coefficient (Wildman–Crippen LogP) is 0.771. The van der Waals surface area contributed by atoms with Gasteiger partial charge in [0.1, 0.15) is 10.6 Å². The number of hydrogen-bond donors (Lipinski definition) is 1. The van der Waals surface area contributed by atoms with Gasteiger partial charge in [0.2, 0.25) is 15.2 Å². The summed E-state index contributed by atoms with van der Waals surface area (Å²) in [5.41, 5.74) is -0.128. The van der Waals surface area contributed by atoms with Crippen molar-refractivity contribution in [3.05, 3.63) is 5.01 Å². The van der Waals surface area contributed by atoms with Crippen molar-refractivity contribution in [2.24, 2.45) is 5.92 Å². The van der Waals surface area contributed by atoms with Crippen LogP contribution in [0.1, 0.15) is 24.8 Å². The van der Waals surface area contributed by atoms with Gasteiger partial charge in [-0.15, -0.1) is 10.2 Å². The Bertz CT molecular complexity index is 625. The van der Waals surface area contributed by atoms with E-state index in [2.05, 4.69) is 19.8 Å². The molecule has 0 aromatic carbocycles. The van der Waals surface area contributed by atoms with Gasteiger partial charge in [0, 0.05) is 13.2 Å². The maximum atomic E-state index is 11.5. The summed E-state index contributed by atoms with van der Waals surface area (Å²) in [6.45, 7) is 6.50. The molecule has 2 aliphatic rings. The van der Waals surface area contributed by atoms with Crippen LogP contribution in [0.25, 0.3) is 0 Å². The molecule has 1 atom stereocenters. The number of rotatable bonds is 6. The average Bonchev–Trinajstić information content (AvgIpc) is 3.03. The molecular formula is C13H22N4O3S2. The standard InChI is InChI=1S/C13H22N4O3S2/c1-3-22(18,19)14-6-4-11-5-7-20-13(11)8-17(9-13)12-16-15-10(2)21-12/h11,14H,3-9H2,1-2H3/t11-/m1/s1. The zero-order valence-electron chi connectivity index (χ0n) is 12.9. The molecule has 0 radical (unpaired) electrons. The summed E-state index contributed by atoms with van der Waals surface area (Å²) in [6, 6.07) is 0. The number of hydrogen-bond acceptors (Lipinski definition) is 7. The third kappa shape index (κ3) is 3.12. The summed E-state index contributed by atoms with van der Waals surface area (Å²) in [6.07, 6.45) is 1.82. The first-order valence-electron chi connectivity index (χ1n) is 7.60. The Morgan fingerprint density at radius 3 is 2.86 bits per heavy atom. The number of aromatic nitrogens is 2. The molecule has 1 aromatic heterocycles. The van der Waals surface area contributed by atoms with Crippen molar-refractivity contribution >= 4 is 26.5 Å². The quantitative estimate of drug-likeness (QED) is 0.819. The highest BCUT2D eigenvalue weighted by Gasteiger charge is 2.53. The summed E-state index contributed by atoms with van der Waals surface area (Å²) in [4.78, 5) is 2.19. The van der Waals surface area contributed by atoms with Crippen LogP contribution in [-0.4, -0.2) is 56.2 Å². The minimum absolute atomic E-state index is 0.128. The number of nitrogens with zero attached hydrogens (tertiary/aromatic N) is 3. The fourth-order valence-electron chi connectivity index (χ4n) is 3.18. The zero-order chi connectivity index (χ0) is 15.8. The van der Waals surface area contributed by atoms with Gasteiger partial charge in [-0.1, -0.05) is 11.3 Å². The van der Waals surface area contributed by atoms with E-state index in [1.165, 1.54) is 0 Å². The van der Waals surface area contributed by atoms with Crippen LogP contribution in [0.3, 0.4) is 0 Å². The highest BCUT2D eigenvalue weighted by molar-refractivity contribution is 7.89. The molecule has 2 saturated heterocycles. The van der Waals surface area contributed by atoms with Crippen LogP contribution >= 0.6 is 11.3 Å². The van der Waals surface area contributed by atoms with Crippen LogP contribution in [0.5, 0.6) is 0 Å². The molecule has 1 aromatic rings. The molecule has 1 spiro atoms. The summed E-state index contributed by atoms with van der Waals surface area (Å²) in [5, 5.41) is 10.1. The van der Waals surface area contributed by atoms with Crippen molar-refractivity contribution in [2.45, 2.75) is 32.3 Å². The molecule has 2 fully saturated rings. The third-order valence-electron chi connectivity index (χ3n) is 4.50. The first-order chi connectivity index (χ1) is 10.4. The van der Waals surface area contributed by atoms with E-state index in [9.17, 15) is 8.42 Å². The lowest BCUT2D eigenvalue weighted by Crippen LogP contribution is -2.65. The lowest BCUT2D eigenvalue weighted by molar-refractivity contribution is -0.0451. The van der Waals surface area contributed by atoms with Crippen molar-refractivity contribution in [1.82, 2.24) is 14.9 Å². The minimum Gasteiger partial charge on any atom is -0.371 e. The van der Waals surface area contributed by atoms with E-state index in [0.29, 0.717) is 12.5 Å². The van der Waals surface area contributed by atoms with E-state index in [0.717, 1.165) is 42.7 Å². The second-order valence-electron chi connectivity index (χ2n) is 5.94. The zero-order valence-corrected chi connectivity index (χ0v) is 14.5. The van der Waals surface area contributed by atoms with Gasteiger partial charge in [0.25, 0.3) is 0 Å². The molecule has 0 unspecified atom stereocenters. The molecule has 9 heteroatoms. The molecule has 3 heterocycles. The number of anilines is 1. The Labute approximate surface area is 135 Å². The fraction of sp³-hybridized carbons (Fsp3) is 0.846. The summed E-state index contributed by atoms with van der Waals surface area (Å²) in [5.74, 6) is 0.529. The van der Waals surface area contributed by atoms with Crippen LogP contribution in [0.2, 0.25) is 0 Å². The van der Waals surface area contributed by atoms with Gasteiger partial charge in [-0.05, 0) is 32.6 Å². The molecule has 0 saturated carbocycles. The van der Waals surface area contributed by atoms with E-state index >= 15 is 0 Å². The Morgan fingerprint density at radius 2 is 2.23 bits per heavy atom. The third-order valence-corrected chi connectivity index (χ3v) is 6.80. The minimum atomic E-state index is -3.11. The summed E-state index contributed by atoms with van der Waals surface area (Å²) >= 11 is 1.60. The van der Waals surface area contributed by atoms with E-state index < -0.39 is 10.0 Å². The smallest absolute Gasteiger partial charge is 0.211 e. The molecular weight excluding hydrogens is 324 g/mol. The second kappa shape index (κ2) is 6.03. The molecule has 7 nitrogen and oxygen atoms in total. The molecule has 22 heavy (non-hydrogen) atoms. The lowest BCUT2D eigenvalue weighted by atomic mass is 9.79. The van der Waals surface area contributed by atoms with Gasteiger partial charge in [-0.3, -0.25) is 0 Å². The molecule has 1 N–H and O–H groups in total. The molecule has 0 bridgehead atoms. The lowest BCUT2D eigenvalue weighted by Gasteiger charge is -2.50. The molecule has 0 aliphatic carbocycles. The Hall–Kier alpha value is -0.770. The molecule has 3 rings (SSSR count). The number of ether oxygens (including phenoxy) is 1. The van der Waals surface area contributed by atoms with Crippen molar-refractivity contribution in [3.8, 4) is 0 Å². The Morgan fingerprint density at radius 1 is 1.45 bits per heavy atom. The maximum Gasteiger partial charge on any atom is 0.211 e. The SMILES string of the molecule is CCS(=O)(=O)NCC[C@@H]1CCOC12CN(c1nnc(C)s1)C2. The maximum absolute atomic E-state index is 11.5. The van der Waals surface area contributed by atoms with Crippen LogP contribution in [0, 0.1) is 12.8 Å². The first-order valence-corrected chi connectivity index (χ1v) is 10.1. The second-order valence-corrected chi connectivity index (χ2v) is 9.20. The van der Waals surface area contributed by atoms with E-state index in [4.69, 9.17) is 4.74 Å². The van der Waals surface area contributed by atoms with Gasteiger partial charge in [-0.2, -0.15) is 0 Å². The summed E-state index contributed by atoms with van der Waals surface area (Å²) in [7, 11) is -3.11. The fourth-order valence-corrected chi connectivity index (χ4v) is 4.50. The molecule has 0 amide bonds. The van der Waals surface area contributed by atoms with E-state index in [1.54, 1.807) is 18.3 Å². The van der Waals surface area contributed by atoms with Crippen molar-refractivity contribution in [3.63, 3.8) is 0 Å². The monoisotopic (exact) mass is 346 g/mol. The number of nitrogens with one attached hydrogen (secondary N) is 1. The van der Waals surface area contributed by atoms with Gasteiger partial charge < -0.3 is 9.64 Å². The van der Waals surface area contributed by atoms with Crippen molar-refractivity contribution in [2.75, 3.05) is 36.9 Å². The van der Waals surface area contributed by atoms with Crippen LogP contribution in [-0.2, 0) is 14.8 Å². The van der Waals surface area contributed by atoms with Crippen molar-refractivity contribution < 1.29 is 13.2 Å². The first kappa shape index (κ1) is 16.1. The van der Waals surface area contributed by atoms with Crippen LogP contribution in [0.15, 0.2) is 0 Å². The van der Waals surface area contributed by atoms with Gasteiger partial charge in [0.05, 0.1) is 18.8 Å².